The monoisotopic (exact) mass is 194 g/mol. The average Bonchev–Trinajstić information content (AvgIpc) is 2.16. The van der Waals surface area contributed by atoms with Crippen molar-refractivity contribution in [2.45, 2.75) is 6.92 Å². The largest absolute Gasteiger partial charge is 0.513 e. The summed E-state index contributed by atoms with van der Waals surface area (Å²) in [5, 5.41) is 9.08. The molecule has 0 aliphatic carbocycles. The van der Waals surface area contributed by atoms with Gasteiger partial charge in [0.15, 0.2) is 11.5 Å². The van der Waals surface area contributed by atoms with Crippen LogP contribution in [0, 0.1) is 0 Å². The summed E-state index contributed by atoms with van der Waals surface area (Å²) in [6, 6.07) is 5.45. The van der Waals surface area contributed by atoms with E-state index in [0.717, 1.165) is 5.56 Å². The normalized spacial score (nSPS) is 11.2. The minimum atomic E-state index is 0.261. The number of benzene rings is 1. The summed E-state index contributed by atoms with van der Waals surface area (Å²) >= 11 is 0. The van der Waals surface area contributed by atoms with Crippen LogP contribution in [0.3, 0.4) is 0 Å². The molecular formula is C11H14O3. The van der Waals surface area contributed by atoms with Gasteiger partial charge in [0.05, 0.1) is 20.0 Å². The van der Waals surface area contributed by atoms with Crippen LogP contribution >= 0.6 is 0 Å². The van der Waals surface area contributed by atoms with Gasteiger partial charge in [-0.1, -0.05) is 6.07 Å². The van der Waals surface area contributed by atoms with E-state index in [1.807, 2.05) is 6.07 Å². The van der Waals surface area contributed by atoms with Crippen molar-refractivity contribution in [2.24, 2.45) is 0 Å². The van der Waals surface area contributed by atoms with Crippen molar-refractivity contribution in [3.8, 4) is 11.5 Å². The molecule has 0 radical (unpaired) electrons. The number of methoxy groups -OCH3 is 2. The summed E-state index contributed by atoms with van der Waals surface area (Å²) < 4.78 is 10.2. The van der Waals surface area contributed by atoms with E-state index < -0.39 is 0 Å². The van der Waals surface area contributed by atoms with E-state index in [9.17, 15) is 0 Å². The van der Waals surface area contributed by atoms with E-state index in [4.69, 9.17) is 14.6 Å². The van der Waals surface area contributed by atoms with Crippen molar-refractivity contribution in [1.29, 1.82) is 0 Å². The smallest absolute Gasteiger partial charge is 0.161 e. The van der Waals surface area contributed by atoms with Gasteiger partial charge in [-0.3, -0.25) is 0 Å². The molecule has 0 bridgehead atoms. The molecule has 0 spiro atoms. The van der Waals surface area contributed by atoms with Gasteiger partial charge in [0.25, 0.3) is 0 Å². The van der Waals surface area contributed by atoms with Gasteiger partial charge in [0.1, 0.15) is 0 Å². The predicted octanol–water partition coefficient (Wildman–Crippen LogP) is 2.62. The van der Waals surface area contributed by atoms with E-state index in [-0.39, 0.29) is 5.76 Å². The maximum atomic E-state index is 9.08. The van der Waals surface area contributed by atoms with Crippen molar-refractivity contribution in [1.82, 2.24) is 0 Å². The van der Waals surface area contributed by atoms with Crippen LogP contribution in [0.15, 0.2) is 24.0 Å². The Bertz CT molecular complexity index is 338. The lowest BCUT2D eigenvalue weighted by molar-refractivity contribution is 0.355. The highest BCUT2D eigenvalue weighted by atomic mass is 16.5. The third-order valence-electron chi connectivity index (χ3n) is 1.78. The second kappa shape index (κ2) is 4.56. The molecule has 0 aliphatic rings. The molecule has 14 heavy (non-hydrogen) atoms. The Balaban J connectivity index is 3.07. The van der Waals surface area contributed by atoms with Crippen molar-refractivity contribution >= 4 is 6.08 Å². The fourth-order valence-electron chi connectivity index (χ4n) is 1.18. The van der Waals surface area contributed by atoms with Crippen molar-refractivity contribution in [3.63, 3.8) is 0 Å². The Morgan fingerprint density at radius 1 is 1.21 bits per heavy atom. The molecule has 0 aliphatic heterocycles. The Morgan fingerprint density at radius 2 is 1.86 bits per heavy atom. The first-order valence-electron chi connectivity index (χ1n) is 4.26. The van der Waals surface area contributed by atoms with Crippen LogP contribution in [-0.2, 0) is 0 Å². The van der Waals surface area contributed by atoms with Crippen LogP contribution < -0.4 is 9.47 Å². The van der Waals surface area contributed by atoms with Crippen LogP contribution in [0.4, 0.5) is 0 Å². The summed E-state index contributed by atoms with van der Waals surface area (Å²) in [5.41, 5.74) is 0.877. The molecule has 1 aromatic carbocycles. The Kier molecular flexibility index (Phi) is 3.40. The maximum absolute atomic E-state index is 9.08. The van der Waals surface area contributed by atoms with E-state index >= 15 is 0 Å². The molecule has 1 aromatic rings. The van der Waals surface area contributed by atoms with Crippen LogP contribution in [0.1, 0.15) is 12.5 Å². The molecule has 3 nitrogen and oxygen atoms in total. The number of allylic oxidation sites excluding steroid dienone is 1. The number of ether oxygens (including phenoxy) is 2. The number of rotatable bonds is 3. The number of hydrogen-bond acceptors (Lipinski definition) is 3. The molecule has 0 heterocycles. The second-order valence-corrected chi connectivity index (χ2v) is 2.90. The van der Waals surface area contributed by atoms with Crippen LogP contribution in [0.2, 0.25) is 0 Å². The predicted molar refractivity (Wildman–Crippen MR) is 55.8 cm³/mol. The summed E-state index contributed by atoms with van der Waals surface area (Å²) in [4.78, 5) is 0. The third-order valence-corrected chi connectivity index (χ3v) is 1.78. The first kappa shape index (κ1) is 10.4. The fourth-order valence-corrected chi connectivity index (χ4v) is 1.18. The molecule has 76 valence electrons. The Hall–Kier alpha value is -1.64. The van der Waals surface area contributed by atoms with E-state index in [1.165, 1.54) is 0 Å². The molecule has 0 saturated heterocycles. The van der Waals surface area contributed by atoms with Gasteiger partial charge in [-0.2, -0.15) is 0 Å². The lowest BCUT2D eigenvalue weighted by Gasteiger charge is -2.07. The second-order valence-electron chi connectivity index (χ2n) is 2.90. The number of hydrogen-bond donors (Lipinski definition) is 1. The minimum Gasteiger partial charge on any atom is -0.513 e. The highest BCUT2D eigenvalue weighted by Crippen LogP contribution is 2.28. The quantitative estimate of drug-likeness (QED) is 0.752. The standard InChI is InChI=1S/C11H14O3/c1-8(12)6-9-4-5-10(13-2)11(7-9)14-3/h4-7,12H,1-3H3. The van der Waals surface area contributed by atoms with E-state index in [0.29, 0.717) is 11.5 Å². The molecule has 0 fully saturated rings. The molecule has 0 atom stereocenters. The molecule has 0 aromatic heterocycles. The first-order valence-corrected chi connectivity index (χ1v) is 4.26. The molecule has 0 saturated carbocycles. The molecule has 3 heteroatoms. The van der Waals surface area contributed by atoms with Crippen molar-refractivity contribution in [2.75, 3.05) is 14.2 Å². The summed E-state index contributed by atoms with van der Waals surface area (Å²) in [6.45, 7) is 1.62. The van der Waals surface area contributed by atoms with Gasteiger partial charge < -0.3 is 14.6 Å². The zero-order valence-corrected chi connectivity index (χ0v) is 8.57. The van der Waals surface area contributed by atoms with Gasteiger partial charge in [-0.25, -0.2) is 0 Å². The number of aliphatic hydroxyl groups excluding tert-OH is 1. The topological polar surface area (TPSA) is 38.7 Å². The van der Waals surface area contributed by atoms with Crippen LogP contribution in [-0.4, -0.2) is 19.3 Å². The molecular weight excluding hydrogens is 180 g/mol. The Labute approximate surface area is 83.6 Å². The van der Waals surface area contributed by atoms with E-state index in [1.54, 1.807) is 39.4 Å². The SMILES string of the molecule is COc1ccc(C=C(C)O)cc1OC. The van der Waals surface area contributed by atoms with Crippen molar-refractivity contribution in [3.05, 3.63) is 29.5 Å². The summed E-state index contributed by atoms with van der Waals surface area (Å²) in [5.74, 6) is 1.60. The van der Waals surface area contributed by atoms with E-state index in [2.05, 4.69) is 0 Å². The summed E-state index contributed by atoms with van der Waals surface area (Å²) in [7, 11) is 3.17. The fraction of sp³-hybridized carbons (Fsp3) is 0.273. The minimum absolute atomic E-state index is 0.261. The highest BCUT2D eigenvalue weighted by Gasteiger charge is 2.02. The van der Waals surface area contributed by atoms with Crippen molar-refractivity contribution < 1.29 is 14.6 Å². The van der Waals surface area contributed by atoms with Gasteiger partial charge >= 0.3 is 0 Å². The van der Waals surface area contributed by atoms with Crippen LogP contribution in [0.5, 0.6) is 11.5 Å². The molecule has 0 unspecified atom stereocenters. The number of aliphatic hydroxyl groups is 1. The average molecular weight is 194 g/mol. The third kappa shape index (κ3) is 2.42. The van der Waals surface area contributed by atoms with Crippen LogP contribution in [0.25, 0.3) is 6.08 Å². The highest BCUT2D eigenvalue weighted by molar-refractivity contribution is 5.56. The zero-order chi connectivity index (χ0) is 10.6. The lowest BCUT2D eigenvalue weighted by Crippen LogP contribution is -1.90. The summed E-state index contributed by atoms with van der Waals surface area (Å²) in [6.07, 6.45) is 1.65. The van der Waals surface area contributed by atoms with Gasteiger partial charge in [-0.05, 0) is 30.7 Å². The molecule has 1 rings (SSSR count). The molecule has 1 N–H and O–H groups in total. The molecule has 0 amide bonds. The van der Waals surface area contributed by atoms with Gasteiger partial charge in [0, 0.05) is 0 Å². The van der Waals surface area contributed by atoms with Gasteiger partial charge in [-0.15, -0.1) is 0 Å². The Morgan fingerprint density at radius 3 is 2.36 bits per heavy atom. The maximum Gasteiger partial charge on any atom is 0.161 e. The van der Waals surface area contributed by atoms with Gasteiger partial charge in [0.2, 0.25) is 0 Å². The first-order chi connectivity index (χ1) is 6.67. The lowest BCUT2D eigenvalue weighted by atomic mass is 10.2. The zero-order valence-electron chi connectivity index (χ0n) is 8.57.